The topological polar surface area (TPSA) is 80.6 Å². The quantitative estimate of drug-likeness (QED) is 0.607. The molecule has 0 aliphatic carbocycles. The van der Waals surface area contributed by atoms with Crippen LogP contribution < -0.4 is 10.6 Å². The minimum atomic E-state index is -0.641. The molecule has 0 saturated carbocycles. The zero-order chi connectivity index (χ0) is 19.6. The summed E-state index contributed by atoms with van der Waals surface area (Å²) in [5, 5.41) is 5.96. The standard InChI is InChI=1S/C20H25ClN2O4/c1-14(2)18(23-19(24)16-8-3-4-9-17(16)21)20(25)22-10-6-11-26-13-15-7-5-12-27-15/h3-5,7-9,12,14,18H,6,10-11,13H2,1-2H3,(H,22,25)(H,23,24)/t18-/m0/s1. The van der Waals surface area contributed by atoms with Crippen molar-refractivity contribution in [1.82, 2.24) is 10.6 Å². The Morgan fingerprint density at radius 2 is 1.96 bits per heavy atom. The monoisotopic (exact) mass is 392 g/mol. The van der Waals surface area contributed by atoms with Crippen LogP contribution in [-0.2, 0) is 16.1 Å². The van der Waals surface area contributed by atoms with E-state index in [1.807, 2.05) is 26.0 Å². The predicted molar refractivity (Wildman–Crippen MR) is 104 cm³/mol. The molecule has 7 heteroatoms. The van der Waals surface area contributed by atoms with E-state index in [1.165, 1.54) is 0 Å². The predicted octanol–water partition coefficient (Wildman–Crippen LogP) is 3.41. The Balaban J connectivity index is 1.75. The maximum Gasteiger partial charge on any atom is 0.253 e. The molecule has 1 atom stereocenters. The molecule has 0 spiro atoms. The number of nitrogens with one attached hydrogen (secondary N) is 2. The molecule has 0 unspecified atom stereocenters. The van der Waals surface area contributed by atoms with E-state index in [2.05, 4.69) is 10.6 Å². The number of hydrogen-bond acceptors (Lipinski definition) is 4. The Hall–Kier alpha value is -2.31. The molecule has 0 saturated heterocycles. The lowest BCUT2D eigenvalue weighted by atomic mass is 10.0. The molecule has 0 bridgehead atoms. The lowest BCUT2D eigenvalue weighted by Crippen LogP contribution is -2.50. The van der Waals surface area contributed by atoms with Gasteiger partial charge in [-0.3, -0.25) is 9.59 Å². The summed E-state index contributed by atoms with van der Waals surface area (Å²) in [7, 11) is 0. The minimum Gasteiger partial charge on any atom is -0.467 e. The van der Waals surface area contributed by atoms with Gasteiger partial charge in [0.1, 0.15) is 18.4 Å². The first-order chi connectivity index (χ1) is 13.0. The molecule has 1 aromatic heterocycles. The number of benzene rings is 1. The van der Waals surface area contributed by atoms with E-state index >= 15 is 0 Å². The number of ether oxygens (including phenoxy) is 1. The molecule has 6 nitrogen and oxygen atoms in total. The van der Waals surface area contributed by atoms with Gasteiger partial charge in [-0.1, -0.05) is 37.6 Å². The number of hydrogen-bond donors (Lipinski definition) is 2. The van der Waals surface area contributed by atoms with Gasteiger partial charge in [0.15, 0.2) is 0 Å². The van der Waals surface area contributed by atoms with Crippen LogP contribution in [0, 0.1) is 5.92 Å². The van der Waals surface area contributed by atoms with Gasteiger partial charge in [0.2, 0.25) is 5.91 Å². The average molecular weight is 393 g/mol. The number of carbonyl (C=O) groups excluding carboxylic acids is 2. The minimum absolute atomic E-state index is 0.0633. The van der Waals surface area contributed by atoms with Crippen LogP contribution in [0.4, 0.5) is 0 Å². The highest BCUT2D eigenvalue weighted by atomic mass is 35.5. The third-order valence-corrected chi connectivity index (χ3v) is 4.27. The van der Waals surface area contributed by atoms with E-state index in [4.69, 9.17) is 20.8 Å². The fraction of sp³-hybridized carbons (Fsp3) is 0.400. The SMILES string of the molecule is CC(C)[C@H](NC(=O)c1ccccc1Cl)C(=O)NCCCOCc1ccco1. The van der Waals surface area contributed by atoms with Crippen molar-refractivity contribution in [2.24, 2.45) is 5.92 Å². The molecule has 0 aliphatic heterocycles. The highest BCUT2D eigenvalue weighted by molar-refractivity contribution is 6.33. The summed E-state index contributed by atoms with van der Waals surface area (Å²) in [6.07, 6.45) is 2.26. The van der Waals surface area contributed by atoms with Crippen LogP contribution in [0.5, 0.6) is 0 Å². The summed E-state index contributed by atoms with van der Waals surface area (Å²) in [4.78, 5) is 24.8. The van der Waals surface area contributed by atoms with Crippen LogP contribution in [0.15, 0.2) is 47.1 Å². The van der Waals surface area contributed by atoms with Crippen LogP contribution >= 0.6 is 11.6 Å². The number of halogens is 1. The van der Waals surface area contributed by atoms with E-state index in [-0.39, 0.29) is 17.7 Å². The molecule has 1 heterocycles. The van der Waals surface area contributed by atoms with Crippen molar-refractivity contribution in [2.45, 2.75) is 32.9 Å². The van der Waals surface area contributed by atoms with Crippen molar-refractivity contribution < 1.29 is 18.7 Å². The average Bonchev–Trinajstić information content (AvgIpc) is 3.15. The van der Waals surface area contributed by atoms with E-state index in [0.717, 1.165) is 5.76 Å². The lowest BCUT2D eigenvalue weighted by molar-refractivity contribution is -0.124. The largest absolute Gasteiger partial charge is 0.467 e. The normalized spacial score (nSPS) is 12.0. The molecule has 0 radical (unpaired) electrons. The fourth-order valence-electron chi connectivity index (χ4n) is 2.46. The van der Waals surface area contributed by atoms with Crippen LogP contribution in [0.2, 0.25) is 5.02 Å². The molecule has 2 rings (SSSR count). The number of amides is 2. The molecule has 2 amide bonds. The molecular formula is C20H25ClN2O4. The maximum atomic E-state index is 12.4. The summed E-state index contributed by atoms with van der Waals surface area (Å²) < 4.78 is 10.6. The summed E-state index contributed by atoms with van der Waals surface area (Å²) in [6, 6.07) is 9.76. The molecule has 2 aromatic rings. The fourth-order valence-corrected chi connectivity index (χ4v) is 2.68. The number of rotatable bonds is 10. The molecule has 1 aromatic carbocycles. The van der Waals surface area contributed by atoms with Crippen molar-refractivity contribution in [2.75, 3.05) is 13.2 Å². The third-order valence-electron chi connectivity index (χ3n) is 3.94. The summed E-state index contributed by atoms with van der Waals surface area (Å²) >= 11 is 6.05. The van der Waals surface area contributed by atoms with Gasteiger partial charge in [-0.2, -0.15) is 0 Å². The van der Waals surface area contributed by atoms with Crippen molar-refractivity contribution >= 4 is 23.4 Å². The third kappa shape index (κ3) is 6.73. The molecule has 0 fully saturated rings. The first kappa shape index (κ1) is 21.0. The summed E-state index contributed by atoms with van der Waals surface area (Å²) in [5.41, 5.74) is 0.351. The van der Waals surface area contributed by atoms with Crippen LogP contribution in [0.1, 0.15) is 36.4 Å². The van der Waals surface area contributed by atoms with Gasteiger partial charge in [-0.25, -0.2) is 0 Å². The first-order valence-corrected chi connectivity index (χ1v) is 9.30. The van der Waals surface area contributed by atoms with Gasteiger partial charge in [-0.05, 0) is 36.6 Å². The van der Waals surface area contributed by atoms with Gasteiger partial charge < -0.3 is 19.8 Å². The second-order valence-electron chi connectivity index (χ2n) is 6.45. The molecule has 146 valence electrons. The van der Waals surface area contributed by atoms with Crippen molar-refractivity contribution in [3.8, 4) is 0 Å². The van der Waals surface area contributed by atoms with Crippen molar-refractivity contribution in [1.29, 1.82) is 0 Å². The van der Waals surface area contributed by atoms with Crippen LogP contribution in [-0.4, -0.2) is 31.0 Å². The van der Waals surface area contributed by atoms with Gasteiger partial charge in [0.25, 0.3) is 5.91 Å². The van der Waals surface area contributed by atoms with E-state index in [0.29, 0.717) is 36.8 Å². The zero-order valence-electron chi connectivity index (χ0n) is 15.5. The highest BCUT2D eigenvalue weighted by Crippen LogP contribution is 2.15. The second kappa shape index (κ2) is 10.7. The Bertz CT molecular complexity index is 731. The Morgan fingerprint density at radius 1 is 1.19 bits per heavy atom. The molecule has 2 N–H and O–H groups in total. The van der Waals surface area contributed by atoms with Gasteiger partial charge in [-0.15, -0.1) is 0 Å². The van der Waals surface area contributed by atoms with Crippen molar-refractivity contribution in [3.63, 3.8) is 0 Å². The van der Waals surface area contributed by atoms with Gasteiger partial charge in [0, 0.05) is 13.2 Å². The van der Waals surface area contributed by atoms with E-state index in [9.17, 15) is 9.59 Å². The first-order valence-electron chi connectivity index (χ1n) is 8.92. The van der Waals surface area contributed by atoms with Crippen molar-refractivity contribution in [3.05, 3.63) is 59.0 Å². The van der Waals surface area contributed by atoms with Gasteiger partial charge in [0.05, 0.1) is 16.8 Å². The Labute approximate surface area is 164 Å². The molecular weight excluding hydrogens is 368 g/mol. The lowest BCUT2D eigenvalue weighted by Gasteiger charge is -2.22. The highest BCUT2D eigenvalue weighted by Gasteiger charge is 2.25. The summed E-state index contributed by atoms with van der Waals surface area (Å²) in [5.74, 6) is 0.112. The maximum absolute atomic E-state index is 12.4. The van der Waals surface area contributed by atoms with Crippen LogP contribution in [0.25, 0.3) is 0 Å². The molecule has 27 heavy (non-hydrogen) atoms. The number of carbonyl (C=O) groups is 2. The van der Waals surface area contributed by atoms with Gasteiger partial charge >= 0.3 is 0 Å². The summed E-state index contributed by atoms with van der Waals surface area (Å²) in [6.45, 7) is 5.12. The number of furan rings is 1. The second-order valence-corrected chi connectivity index (χ2v) is 6.86. The van der Waals surface area contributed by atoms with E-state index < -0.39 is 6.04 Å². The Morgan fingerprint density at radius 3 is 2.63 bits per heavy atom. The van der Waals surface area contributed by atoms with E-state index in [1.54, 1.807) is 30.5 Å². The smallest absolute Gasteiger partial charge is 0.253 e. The molecule has 0 aliphatic rings. The Kier molecular flexibility index (Phi) is 8.36. The zero-order valence-corrected chi connectivity index (χ0v) is 16.3. The van der Waals surface area contributed by atoms with Crippen LogP contribution in [0.3, 0.4) is 0 Å².